The number of hydrogen-bond acceptors (Lipinski definition) is 1. The second-order valence-corrected chi connectivity index (χ2v) is 6.91. The standard InChI is InChI=1S/C23H33NO/c1-3-5-6-7-8-9-10-11-12-15-20-19-23(25)21-16-13-14-17-22(21)24(20)18-4-2/h12-17,19H,3-11,18H2,1-2H3/b15-12+. The van der Waals surface area contributed by atoms with Crippen molar-refractivity contribution < 1.29 is 0 Å². The predicted molar refractivity (Wildman–Crippen MR) is 110 cm³/mol. The molecule has 2 aromatic rings. The molecule has 2 heteroatoms. The molecule has 0 N–H and O–H groups in total. The SMILES string of the molecule is CCCCCCCCC/C=C/c1cc(=O)c2ccccc2n1CCC. The molecule has 0 bridgehead atoms. The van der Waals surface area contributed by atoms with Gasteiger partial charge >= 0.3 is 0 Å². The summed E-state index contributed by atoms with van der Waals surface area (Å²) in [7, 11) is 0. The second-order valence-electron chi connectivity index (χ2n) is 6.91. The summed E-state index contributed by atoms with van der Waals surface area (Å²) in [6.07, 6.45) is 15.9. The van der Waals surface area contributed by atoms with Crippen LogP contribution in [0.1, 0.15) is 77.3 Å². The van der Waals surface area contributed by atoms with E-state index in [1.54, 1.807) is 6.07 Å². The summed E-state index contributed by atoms with van der Waals surface area (Å²) in [5, 5.41) is 0.820. The first-order valence-corrected chi connectivity index (χ1v) is 10.1. The molecule has 0 spiro atoms. The number of rotatable bonds is 11. The zero-order valence-electron chi connectivity index (χ0n) is 16.0. The van der Waals surface area contributed by atoms with Crippen molar-refractivity contribution in [3.05, 3.63) is 52.3 Å². The molecule has 0 atom stereocenters. The molecular formula is C23H33NO. The molecule has 0 fully saturated rings. The van der Waals surface area contributed by atoms with E-state index in [4.69, 9.17) is 0 Å². The lowest BCUT2D eigenvalue weighted by Gasteiger charge is -2.14. The van der Waals surface area contributed by atoms with Gasteiger partial charge in [0.05, 0.1) is 5.52 Å². The molecule has 0 aliphatic rings. The van der Waals surface area contributed by atoms with Crippen LogP contribution in [0.3, 0.4) is 0 Å². The topological polar surface area (TPSA) is 22.0 Å². The fourth-order valence-corrected chi connectivity index (χ4v) is 3.38. The Morgan fingerprint density at radius 3 is 2.40 bits per heavy atom. The molecule has 0 amide bonds. The van der Waals surface area contributed by atoms with E-state index in [0.717, 1.165) is 36.0 Å². The molecular weight excluding hydrogens is 306 g/mol. The third-order valence-electron chi connectivity index (χ3n) is 4.76. The molecule has 2 rings (SSSR count). The third-order valence-corrected chi connectivity index (χ3v) is 4.76. The first-order valence-electron chi connectivity index (χ1n) is 10.1. The highest BCUT2D eigenvalue weighted by Gasteiger charge is 2.06. The Labute approximate surface area is 152 Å². The summed E-state index contributed by atoms with van der Waals surface area (Å²) in [6.45, 7) is 5.38. The van der Waals surface area contributed by atoms with Gasteiger partial charge in [-0.3, -0.25) is 4.79 Å². The fraction of sp³-hybridized carbons (Fsp3) is 0.522. The van der Waals surface area contributed by atoms with Crippen LogP contribution in [0.5, 0.6) is 0 Å². The van der Waals surface area contributed by atoms with E-state index in [2.05, 4.69) is 36.6 Å². The first kappa shape index (κ1) is 19.5. The van der Waals surface area contributed by atoms with Crippen LogP contribution in [0.4, 0.5) is 0 Å². The number of aromatic nitrogens is 1. The summed E-state index contributed by atoms with van der Waals surface area (Å²) >= 11 is 0. The summed E-state index contributed by atoms with van der Waals surface area (Å²) in [5.41, 5.74) is 2.21. The van der Waals surface area contributed by atoms with E-state index in [9.17, 15) is 4.79 Å². The van der Waals surface area contributed by atoms with E-state index in [0.29, 0.717) is 0 Å². The van der Waals surface area contributed by atoms with Crippen molar-refractivity contribution in [2.45, 2.75) is 78.2 Å². The number of pyridine rings is 1. The number of nitrogens with zero attached hydrogens (tertiary/aromatic N) is 1. The minimum absolute atomic E-state index is 0.124. The number of allylic oxidation sites excluding steroid dienone is 1. The van der Waals surface area contributed by atoms with Gasteiger partial charge in [0.2, 0.25) is 0 Å². The van der Waals surface area contributed by atoms with Crippen LogP contribution in [0.2, 0.25) is 0 Å². The maximum atomic E-state index is 12.4. The molecule has 0 radical (unpaired) electrons. The van der Waals surface area contributed by atoms with Crippen LogP contribution < -0.4 is 5.43 Å². The van der Waals surface area contributed by atoms with Crippen molar-refractivity contribution >= 4 is 17.0 Å². The molecule has 2 nitrogen and oxygen atoms in total. The van der Waals surface area contributed by atoms with Crippen LogP contribution >= 0.6 is 0 Å². The zero-order valence-corrected chi connectivity index (χ0v) is 16.0. The van der Waals surface area contributed by atoms with Gasteiger partial charge in [-0.2, -0.15) is 0 Å². The maximum absolute atomic E-state index is 12.4. The van der Waals surface area contributed by atoms with Gasteiger partial charge in [0.25, 0.3) is 0 Å². The molecule has 136 valence electrons. The normalized spacial score (nSPS) is 11.6. The van der Waals surface area contributed by atoms with Gasteiger partial charge in [0.15, 0.2) is 5.43 Å². The average molecular weight is 340 g/mol. The van der Waals surface area contributed by atoms with Gasteiger partial charge in [-0.15, -0.1) is 0 Å². The van der Waals surface area contributed by atoms with E-state index >= 15 is 0 Å². The number of aryl methyl sites for hydroxylation is 1. The van der Waals surface area contributed by atoms with Gasteiger partial charge in [-0.05, 0) is 37.5 Å². The zero-order chi connectivity index (χ0) is 17.9. The Morgan fingerprint density at radius 1 is 0.920 bits per heavy atom. The number of fused-ring (bicyclic) bond motifs is 1. The van der Waals surface area contributed by atoms with E-state index in [-0.39, 0.29) is 5.43 Å². The van der Waals surface area contributed by atoms with Gasteiger partial charge in [0, 0.05) is 23.7 Å². The third kappa shape index (κ3) is 5.88. The van der Waals surface area contributed by atoms with Crippen molar-refractivity contribution in [2.75, 3.05) is 0 Å². The predicted octanol–water partition coefficient (Wildman–Crippen LogP) is 6.57. The quantitative estimate of drug-likeness (QED) is 0.425. The Kier molecular flexibility index (Phi) is 8.51. The average Bonchev–Trinajstić information content (AvgIpc) is 2.63. The Bertz CT molecular complexity index is 726. The number of para-hydroxylation sites is 1. The Morgan fingerprint density at radius 2 is 1.64 bits per heavy atom. The molecule has 0 saturated heterocycles. The lowest BCUT2D eigenvalue weighted by Crippen LogP contribution is -2.12. The molecule has 0 aliphatic carbocycles. The van der Waals surface area contributed by atoms with E-state index < -0.39 is 0 Å². The number of benzene rings is 1. The van der Waals surface area contributed by atoms with Gasteiger partial charge in [-0.25, -0.2) is 0 Å². The fourth-order valence-electron chi connectivity index (χ4n) is 3.38. The van der Waals surface area contributed by atoms with Crippen LogP contribution in [0.15, 0.2) is 41.2 Å². The molecule has 1 aromatic heterocycles. The van der Waals surface area contributed by atoms with Crippen LogP contribution in [0.25, 0.3) is 17.0 Å². The molecule has 25 heavy (non-hydrogen) atoms. The van der Waals surface area contributed by atoms with Crippen molar-refractivity contribution in [3.63, 3.8) is 0 Å². The molecule has 1 heterocycles. The highest BCUT2D eigenvalue weighted by Crippen LogP contribution is 2.16. The Balaban J connectivity index is 1.98. The number of hydrogen-bond donors (Lipinski definition) is 0. The highest BCUT2D eigenvalue weighted by atomic mass is 16.1. The summed E-state index contributed by atoms with van der Waals surface area (Å²) in [4.78, 5) is 12.4. The smallest absolute Gasteiger partial charge is 0.190 e. The highest BCUT2D eigenvalue weighted by molar-refractivity contribution is 5.80. The van der Waals surface area contributed by atoms with E-state index in [1.807, 2.05) is 18.2 Å². The molecule has 0 saturated carbocycles. The lowest BCUT2D eigenvalue weighted by atomic mass is 10.1. The van der Waals surface area contributed by atoms with Gasteiger partial charge in [-0.1, -0.05) is 70.6 Å². The first-order chi connectivity index (χ1) is 12.3. The van der Waals surface area contributed by atoms with Crippen molar-refractivity contribution in [1.29, 1.82) is 0 Å². The lowest BCUT2D eigenvalue weighted by molar-refractivity contribution is 0.592. The second kappa shape index (κ2) is 10.9. The summed E-state index contributed by atoms with van der Waals surface area (Å²) in [6, 6.07) is 9.73. The largest absolute Gasteiger partial charge is 0.341 e. The van der Waals surface area contributed by atoms with Gasteiger partial charge < -0.3 is 4.57 Å². The molecule has 0 unspecified atom stereocenters. The van der Waals surface area contributed by atoms with E-state index in [1.165, 1.54) is 44.9 Å². The summed E-state index contributed by atoms with van der Waals surface area (Å²) < 4.78 is 2.28. The molecule has 0 aliphatic heterocycles. The monoisotopic (exact) mass is 339 g/mol. The van der Waals surface area contributed by atoms with Crippen LogP contribution in [-0.2, 0) is 6.54 Å². The van der Waals surface area contributed by atoms with Crippen molar-refractivity contribution in [2.24, 2.45) is 0 Å². The van der Waals surface area contributed by atoms with Crippen LogP contribution in [0, 0.1) is 0 Å². The van der Waals surface area contributed by atoms with Crippen molar-refractivity contribution in [3.8, 4) is 0 Å². The minimum Gasteiger partial charge on any atom is -0.341 e. The summed E-state index contributed by atoms with van der Waals surface area (Å²) in [5.74, 6) is 0. The Hall–Kier alpha value is -1.83. The maximum Gasteiger partial charge on any atom is 0.190 e. The van der Waals surface area contributed by atoms with Crippen molar-refractivity contribution in [1.82, 2.24) is 4.57 Å². The number of unbranched alkanes of at least 4 members (excludes halogenated alkanes) is 7. The minimum atomic E-state index is 0.124. The van der Waals surface area contributed by atoms with Gasteiger partial charge in [0.1, 0.15) is 0 Å². The molecule has 1 aromatic carbocycles. The van der Waals surface area contributed by atoms with Crippen LogP contribution in [-0.4, -0.2) is 4.57 Å².